The number of aliphatic hydroxyl groups excluding tert-OH is 3. The molecule has 48 heavy (non-hydrogen) atoms. The molecule has 2 aromatic rings. The number of amides is 4. The number of likely N-dealkylation sites (N-methyl/N-ethyl adjacent to an activating group) is 2. The van der Waals surface area contributed by atoms with Gasteiger partial charge in [0.25, 0.3) is 23.6 Å². The maximum atomic E-state index is 15.0. The van der Waals surface area contributed by atoms with Crippen molar-refractivity contribution in [3.8, 4) is 0 Å². The third-order valence-corrected chi connectivity index (χ3v) is 20.1. The maximum Gasteiger partial charge on any atom is 0.264 e. The van der Waals surface area contributed by atoms with Crippen molar-refractivity contribution in [2.75, 3.05) is 26.0 Å². The summed E-state index contributed by atoms with van der Waals surface area (Å²) in [5.41, 5.74) is -0.433. The Hall–Kier alpha value is -2.60. The molecule has 4 N–H and O–H groups in total. The third-order valence-electron chi connectivity index (χ3n) is 12.7. The van der Waals surface area contributed by atoms with E-state index < -0.39 is 66.5 Å². The standard InChI is InChI=1S/C32H31N5O7S4/c1-27-23(41)37-22-30(17-10-6-7-11-18(17)33-22,21(40)32(37,47-45-27)25(43)34(27)2)29-16-9-5-4-8-15(16)14-19(29)36-24(42)28(12-13-38)35(3)26(44)31(36,20(29)39)48-46-28/h4-11,19-22,33,38-40H,12-14H2,1-3H3. The molecule has 4 amide bonds. The first-order valence-electron chi connectivity index (χ1n) is 15.8. The lowest BCUT2D eigenvalue weighted by atomic mass is 9.51. The van der Waals surface area contributed by atoms with E-state index in [1.165, 1.54) is 47.1 Å². The topological polar surface area (TPSA) is 154 Å². The molecule has 10 unspecified atom stereocenters. The highest BCUT2D eigenvalue weighted by molar-refractivity contribution is 8.78. The van der Waals surface area contributed by atoms with Gasteiger partial charge < -0.3 is 35.3 Å². The number of rotatable bonds is 3. The Balaban J connectivity index is 1.33. The predicted molar refractivity (Wildman–Crippen MR) is 181 cm³/mol. The molecular weight excluding hydrogens is 695 g/mol. The quantitative estimate of drug-likeness (QED) is 0.332. The number of nitrogens with one attached hydrogen (secondary N) is 1. The molecule has 0 radical (unpaired) electrons. The van der Waals surface area contributed by atoms with Crippen LogP contribution in [-0.2, 0) is 36.4 Å². The first kappa shape index (κ1) is 30.2. The fourth-order valence-electron chi connectivity index (χ4n) is 10.6. The Labute approximate surface area is 291 Å². The summed E-state index contributed by atoms with van der Waals surface area (Å²) >= 11 is 0. The predicted octanol–water partition coefficient (Wildman–Crippen LogP) is 0.866. The molecule has 8 fully saturated rings. The average molecular weight is 726 g/mol. The van der Waals surface area contributed by atoms with Crippen LogP contribution in [0.15, 0.2) is 48.5 Å². The van der Waals surface area contributed by atoms with Crippen LogP contribution in [0.5, 0.6) is 0 Å². The number of carbonyl (C=O) groups excluding carboxylic acids is 4. The minimum Gasteiger partial charge on any atom is -0.396 e. The molecule has 12 nitrogen and oxygen atoms in total. The number of para-hydroxylation sites is 1. The van der Waals surface area contributed by atoms with Gasteiger partial charge in [0.05, 0.1) is 16.9 Å². The summed E-state index contributed by atoms with van der Waals surface area (Å²) in [5, 5.41) is 40.4. The molecule has 2 spiro atoms. The minimum atomic E-state index is -1.78. The number of hydrogen-bond donors (Lipinski definition) is 4. The number of anilines is 1. The van der Waals surface area contributed by atoms with Gasteiger partial charge in [-0.15, -0.1) is 0 Å². The van der Waals surface area contributed by atoms with Crippen molar-refractivity contribution in [3.05, 3.63) is 65.2 Å². The summed E-state index contributed by atoms with van der Waals surface area (Å²) in [4.78, 5) is 58.7. The van der Waals surface area contributed by atoms with E-state index in [0.29, 0.717) is 16.8 Å². The molecule has 9 aliphatic heterocycles. The molecule has 1 aliphatic carbocycles. The number of aliphatic hydroxyl groups is 3. The highest BCUT2D eigenvalue weighted by Gasteiger charge is 2.92. The number of fused-ring (bicyclic) bond motifs is 11. The second-order valence-corrected chi connectivity index (χ2v) is 19.4. The molecule has 4 bridgehead atoms. The van der Waals surface area contributed by atoms with Crippen LogP contribution in [-0.4, -0.2) is 123 Å². The average Bonchev–Trinajstić information content (AvgIpc) is 3.73. The molecule has 10 atom stereocenters. The second kappa shape index (κ2) is 8.82. The van der Waals surface area contributed by atoms with E-state index in [4.69, 9.17) is 0 Å². The minimum absolute atomic E-state index is 0.000534. The molecule has 8 saturated heterocycles. The van der Waals surface area contributed by atoms with Crippen LogP contribution in [0.25, 0.3) is 0 Å². The zero-order valence-electron chi connectivity index (χ0n) is 25.9. The van der Waals surface area contributed by atoms with E-state index in [0.717, 1.165) is 16.4 Å². The largest absolute Gasteiger partial charge is 0.396 e. The van der Waals surface area contributed by atoms with E-state index in [1.54, 1.807) is 25.9 Å². The third kappa shape index (κ3) is 2.57. The van der Waals surface area contributed by atoms with Gasteiger partial charge in [-0.25, -0.2) is 0 Å². The van der Waals surface area contributed by atoms with Gasteiger partial charge in [-0.1, -0.05) is 64.1 Å². The lowest BCUT2D eigenvalue weighted by Crippen LogP contribution is -2.78. The fourth-order valence-corrected chi connectivity index (χ4v) is 18.1. The first-order valence-corrected chi connectivity index (χ1v) is 20.1. The number of benzene rings is 2. The molecule has 16 heteroatoms. The normalized spacial score (nSPS) is 45.7. The van der Waals surface area contributed by atoms with Crippen LogP contribution < -0.4 is 5.32 Å². The second-order valence-electron chi connectivity index (χ2n) is 14.1. The molecule has 250 valence electrons. The van der Waals surface area contributed by atoms with E-state index in [9.17, 15) is 34.5 Å². The molecule has 0 saturated carbocycles. The van der Waals surface area contributed by atoms with E-state index in [2.05, 4.69) is 5.32 Å². The Kier molecular flexibility index (Phi) is 5.55. The van der Waals surface area contributed by atoms with Crippen LogP contribution in [0.3, 0.4) is 0 Å². The highest BCUT2D eigenvalue weighted by Crippen LogP contribution is 2.78. The van der Waals surface area contributed by atoms with Crippen LogP contribution in [0.1, 0.15) is 30.0 Å². The zero-order chi connectivity index (χ0) is 33.6. The molecular formula is C32H31N5O7S4. The SMILES string of the molecule is CN1C(=O)C23SSC1(C)C(=O)N2C1Nc2ccccc2C1(C12c4ccccc4CC1N1C(=O)C4(CCO)SSC1(C(=O)N4C)C2O)C3O. The molecule has 0 aromatic heterocycles. The van der Waals surface area contributed by atoms with Crippen LogP contribution >= 0.6 is 43.2 Å². The monoisotopic (exact) mass is 725 g/mol. The van der Waals surface area contributed by atoms with Gasteiger partial charge in [-0.3, -0.25) is 24.1 Å². The Morgan fingerprint density at radius 1 is 0.771 bits per heavy atom. The summed E-state index contributed by atoms with van der Waals surface area (Å²) < 4.78 is 0. The van der Waals surface area contributed by atoms with E-state index in [1.807, 2.05) is 48.5 Å². The lowest BCUT2D eigenvalue weighted by Gasteiger charge is -2.59. The number of piperazine rings is 2. The fraction of sp³-hybridized carbons (Fsp3) is 0.500. The summed E-state index contributed by atoms with van der Waals surface area (Å²) in [6, 6.07) is 14.1. The van der Waals surface area contributed by atoms with Crippen molar-refractivity contribution in [2.24, 2.45) is 0 Å². The number of carbonyl (C=O) groups is 4. The van der Waals surface area contributed by atoms with Crippen molar-refractivity contribution in [1.82, 2.24) is 19.6 Å². The summed E-state index contributed by atoms with van der Waals surface area (Å²) in [7, 11) is 7.84. The van der Waals surface area contributed by atoms with Gasteiger partial charge in [0, 0.05) is 32.8 Å². The van der Waals surface area contributed by atoms with Crippen molar-refractivity contribution < 1.29 is 34.5 Å². The van der Waals surface area contributed by atoms with Crippen LogP contribution in [0.2, 0.25) is 0 Å². The number of nitrogens with zero attached hydrogens (tertiary/aromatic N) is 4. The summed E-state index contributed by atoms with van der Waals surface area (Å²) in [5.74, 6) is -1.61. The van der Waals surface area contributed by atoms with Gasteiger partial charge in [-0.2, -0.15) is 0 Å². The van der Waals surface area contributed by atoms with E-state index in [-0.39, 0.29) is 31.3 Å². The molecule has 2 aromatic carbocycles. The summed E-state index contributed by atoms with van der Waals surface area (Å²) in [6.45, 7) is 1.37. The van der Waals surface area contributed by atoms with Gasteiger partial charge in [0.2, 0.25) is 9.74 Å². The lowest BCUT2D eigenvalue weighted by molar-refractivity contribution is -0.168. The highest BCUT2D eigenvalue weighted by atomic mass is 33.1. The Bertz CT molecular complexity index is 1940. The smallest absolute Gasteiger partial charge is 0.264 e. The van der Waals surface area contributed by atoms with Crippen molar-refractivity contribution in [1.29, 1.82) is 0 Å². The van der Waals surface area contributed by atoms with Crippen LogP contribution in [0.4, 0.5) is 5.69 Å². The van der Waals surface area contributed by atoms with Crippen molar-refractivity contribution >= 4 is 72.5 Å². The first-order chi connectivity index (χ1) is 22.9. The Morgan fingerprint density at radius 2 is 1.40 bits per heavy atom. The van der Waals surface area contributed by atoms with E-state index >= 15 is 0 Å². The summed E-state index contributed by atoms with van der Waals surface area (Å²) in [6.07, 6.45) is -3.92. The molecule has 10 aliphatic rings. The maximum absolute atomic E-state index is 15.0. The van der Waals surface area contributed by atoms with Gasteiger partial charge in [-0.05, 0) is 57.7 Å². The van der Waals surface area contributed by atoms with Crippen molar-refractivity contribution in [3.63, 3.8) is 0 Å². The van der Waals surface area contributed by atoms with Gasteiger partial charge >= 0.3 is 0 Å². The molecule has 9 heterocycles. The van der Waals surface area contributed by atoms with Crippen molar-refractivity contribution in [2.45, 2.75) is 74.5 Å². The Morgan fingerprint density at radius 3 is 2.15 bits per heavy atom. The number of hydrogen-bond acceptors (Lipinski definition) is 12. The van der Waals surface area contributed by atoms with Gasteiger partial charge in [0.1, 0.15) is 18.4 Å². The van der Waals surface area contributed by atoms with Crippen LogP contribution in [0, 0.1) is 0 Å². The zero-order valence-corrected chi connectivity index (χ0v) is 29.2. The molecule has 12 rings (SSSR count). The van der Waals surface area contributed by atoms with Gasteiger partial charge in [0.15, 0.2) is 9.74 Å².